The minimum Gasteiger partial charge on any atom is -0.491 e. The third-order valence-corrected chi connectivity index (χ3v) is 3.06. The number of benzene rings is 2. The van der Waals surface area contributed by atoms with Gasteiger partial charge in [0.1, 0.15) is 17.4 Å². The molecule has 2 nitrogen and oxygen atoms in total. The fourth-order valence-corrected chi connectivity index (χ4v) is 2.07. The van der Waals surface area contributed by atoms with Gasteiger partial charge in [-0.25, -0.2) is 8.78 Å². The number of hydrogen-bond acceptors (Lipinski definition) is 2. The van der Waals surface area contributed by atoms with Crippen molar-refractivity contribution >= 4 is 0 Å². The third-order valence-electron chi connectivity index (χ3n) is 3.06. The molecule has 0 aliphatic rings. The molecule has 21 heavy (non-hydrogen) atoms. The first kappa shape index (κ1) is 15.4. The monoisotopic (exact) mass is 292 g/mol. The second-order valence-corrected chi connectivity index (χ2v) is 5.19. The van der Waals surface area contributed by atoms with Crippen LogP contribution in [-0.2, 0) is 6.42 Å². The molecule has 0 amide bonds. The lowest BCUT2D eigenvalue weighted by atomic mass is 10.0. The first-order chi connectivity index (χ1) is 9.95. The maximum absolute atomic E-state index is 13.6. The number of aliphatic hydroxyl groups is 1. The summed E-state index contributed by atoms with van der Waals surface area (Å²) >= 11 is 0. The molecule has 0 bridgehead atoms. The van der Waals surface area contributed by atoms with Crippen LogP contribution in [0.4, 0.5) is 8.78 Å². The number of hydrogen-bond donors (Lipinski definition) is 1. The fourth-order valence-electron chi connectivity index (χ4n) is 2.07. The highest BCUT2D eigenvalue weighted by molar-refractivity contribution is 5.30. The first-order valence-corrected chi connectivity index (χ1v) is 6.84. The van der Waals surface area contributed by atoms with E-state index in [1.165, 1.54) is 0 Å². The van der Waals surface area contributed by atoms with Crippen molar-refractivity contribution in [2.45, 2.75) is 32.5 Å². The van der Waals surface area contributed by atoms with Crippen molar-refractivity contribution in [1.29, 1.82) is 0 Å². The second-order valence-electron chi connectivity index (χ2n) is 5.19. The zero-order chi connectivity index (χ0) is 15.4. The molecule has 0 heterocycles. The van der Waals surface area contributed by atoms with Crippen molar-refractivity contribution in [3.8, 4) is 5.75 Å². The molecule has 2 rings (SSSR count). The largest absolute Gasteiger partial charge is 0.491 e. The summed E-state index contributed by atoms with van der Waals surface area (Å²) in [4.78, 5) is 0. The van der Waals surface area contributed by atoms with Crippen molar-refractivity contribution in [3.63, 3.8) is 0 Å². The number of halogens is 2. The predicted octanol–water partition coefficient (Wildman–Crippen LogP) is 4.03. The van der Waals surface area contributed by atoms with Crippen LogP contribution in [0.25, 0.3) is 0 Å². The summed E-state index contributed by atoms with van der Waals surface area (Å²) in [5, 5.41) is 10.1. The van der Waals surface area contributed by atoms with Gasteiger partial charge < -0.3 is 9.84 Å². The third kappa shape index (κ3) is 4.26. The number of rotatable bonds is 5. The van der Waals surface area contributed by atoms with E-state index >= 15 is 0 Å². The molecule has 4 heteroatoms. The van der Waals surface area contributed by atoms with Crippen LogP contribution in [0.15, 0.2) is 42.5 Å². The predicted molar refractivity (Wildman–Crippen MR) is 77.2 cm³/mol. The molecular weight excluding hydrogens is 274 g/mol. The maximum Gasteiger partial charge on any atom is 0.126 e. The first-order valence-electron chi connectivity index (χ1n) is 6.84. The van der Waals surface area contributed by atoms with Crippen molar-refractivity contribution in [2.75, 3.05) is 0 Å². The molecule has 2 aromatic carbocycles. The second kappa shape index (κ2) is 6.68. The van der Waals surface area contributed by atoms with E-state index in [0.29, 0.717) is 11.3 Å². The maximum atomic E-state index is 13.6. The lowest BCUT2D eigenvalue weighted by Crippen LogP contribution is -2.06. The van der Waals surface area contributed by atoms with Gasteiger partial charge in [0.05, 0.1) is 12.2 Å². The van der Waals surface area contributed by atoms with E-state index in [1.807, 2.05) is 13.8 Å². The Kier molecular flexibility index (Phi) is 4.91. The smallest absolute Gasteiger partial charge is 0.126 e. The molecule has 1 N–H and O–H groups in total. The molecule has 0 spiro atoms. The van der Waals surface area contributed by atoms with Crippen LogP contribution < -0.4 is 4.74 Å². The Hall–Kier alpha value is -1.94. The van der Waals surface area contributed by atoms with E-state index < -0.39 is 17.7 Å². The Balaban J connectivity index is 2.09. The highest BCUT2D eigenvalue weighted by atomic mass is 19.1. The summed E-state index contributed by atoms with van der Waals surface area (Å²) in [6, 6.07) is 10.2. The topological polar surface area (TPSA) is 29.5 Å². The van der Waals surface area contributed by atoms with Crippen LogP contribution in [0.2, 0.25) is 0 Å². The summed E-state index contributed by atoms with van der Waals surface area (Å²) < 4.78 is 32.2. The van der Waals surface area contributed by atoms with Crippen molar-refractivity contribution < 1.29 is 18.6 Å². The molecule has 0 saturated heterocycles. The summed E-state index contributed by atoms with van der Waals surface area (Å²) in [6.07, 6.45) is -0.801. The van der Waals surface area contributed by atoms with Gasteiger partial charge in [0.2, 0.25) is 0 Å². The molecule has 0 aliphatic carbocycles. The average molecular weight is 292 g/mol. The van der Waals surface area contributed by atoms with E-state index in [-0.39, 0.29) is 18.1 Å². The average Bonchev–Trinajstić information content (AvgIpc) is 2.43. The van der Waals surface area contributed by atoms with Gasteiger partial charge in [0.25, 0.3) is 0 Å². The van der Waals surface area contributed by atoms with E-state index in [1.54, 1.807) is 24.3 Å². The molecule has 1 atom stereocenters. The Labute approximate surface area is 123 Å². The zero-order valence-electron chi connectivity index (χ0n) is 12.0. The molecule has 0 radical (unpaired) electrons. The summed E-state index contributed by atoms with van der Waals surface area (Å²) in [6.45, 7) is 3.85. The van der Waals surface area contributed by atoms with Gasteiger partial charge in [0, 0.05) is 6.42 Å². The molecule has 0 aromatic heterocycles. The van der Waals surface area contributed by atoms with Crippen molar-refractivity contribution in [3.05, 3.63) is 65.2 Å². The SMILES string of the molecule is CC(C)Oc1ccc(C(O)Cc2cc(F)ccc2F)cc1. The van der Waals surface area contributed by atoms with Gasteiger partial charge in [-0.1, -0.05) is 12.1 Å². The van der Waals surface area contributed by atoms with E-state index in [4.69, 9.17) is 4.74 Å². The van der Waals surface area contributed by atoms with E-state index in [9.17, 15) is 13.9 Å². The summed E-state index contributed by atoms with van der Waals surface area (Å²) in [5.74, 6) is -0.327. The lowest BCUT2D eigenvalue weighted by Gasteiger charge is -2.14. The Bertz CT molecular complexity index is 594. The van der Waals surface area contributed by atoms with Gasteiger partial charge in [-0.15, -0.1) is 0 Å². The Morgan fingerprint density at radius 1 is 1.05 bits per heavy atom. The fraction of sp³-hybridized carbons (Fsp3) is 0.294. The zero-order valence-corrected chi connectivity index (χ0v) is 12.0. The van der Waals surface area contributed by atoms with Crippen LogP contribution in [0.3, 0.4) is 0 Å². The summed E-state index contributed by atoms with van der Waals surface area (Å²) in [7, 11) is 0. The van der Waals surface area contributed by atoms with Crippen LogP contribution in [-0.4, -0.2) is 11.2 Å². The molecule has 0 saturated carbocycles. The normalized spacial score (nSPS) is 12.5. The van der Waals surface area contributed by atoms with Crippen LogP contribution in [0.1, 0.15) is 31.1 Å². The molecule has 1 unspecified atom stereocenters. The molecule has 2 aromatic rings. The number of ether oxygens (including phenoxy) is 1. The van der Waals surface area contributed by atoms with Crippen LogP contribution >= 0.6 is 0 Å². The van der Waals surface area contributed by atoms with Gasteiger partial charge in [-0.2, -0.15) is 0 Å². The van der Waals surface area contributed by atoms with Crippen LogP contribution in [0, 0.1) is 11.6 Å². The van der Waals surface area contributed by atoms with Gasteiger partial charge in [-0.3, -0.25) is 0 Å². The standard InChI is InChI=1S/C17H18F2O2/c1-11(2)21-15-6-3-12(4-7-15)17(20)10-13-9-14(18)5-8-16(13)19/h3-9,11,17,20H,10H2,1-2H3. The highest BCUT2D eigenvalue weighted by Crippen LogP contribution is 2.23. The highest BCUT2D eigenvalue weighted by Gasteiger charge is 2.13. The molecule has 0 aliphatic heterocycles. The quantitative estimate of drug-likeness (QED) is 0.901. The van der Waals surface area contributed by atoms with E-state index in [0.717, 1.165) is 18.2 Å². The van der Waals surface area contributed by atoms with Gasteiger partial charge in [0.15, 0.2) is 0 Å². The van der Waals surface area contributed by atoms with Crippen LogP contribution in [0.5, 0.6) is 5.75 Å². The van der Waals surface area contributed by atoms with E-state index in [2.05, 4.69) is 0 Å². The molecule has 0 fully saturated rings. The minimum atomic E-state index is -0.894. The Morgan fingerprint density at radius 3 is 2.33 bits per heavy atom. The Morgan fingerprint density at radius 2 is 1.71 bits per heavy atom. The van der Waals surface area contributed by atoms with Gasteiger partial charge >= 0.3 is 0 Å². The van der Waals surface area contributed by atoms with Crippen molar-refractivity contribution in [1.82, 2.24) is 0 Å². The molecule has 112 valence electrons. The van der Waals surface area contributed by atoms with Crippen molar-refractivity contribution in [2.24, 2.45) is 0 Å². The lowest BCUT2D eigenvalue weighted by molar-refractivity contribution is 0.176. The summed E-state index contributed by atoms with van der Waals surface area (Å²) in [5.41, 5.74) is 0.791. The van der Waals surface area contributed by atoms with Gasteiger partial charge in [-0.05, 0) is 55.3 Å². The number of aliphatic hydroxyl groups excluding tert-OH is 1. The minimum absolute atomic E-state index is 0.0218. The molecular formula is C17H18F2O2.